The van der Waals surface area contributed by atoms with Crippen LogP contribution in [-0.4, -0.2) is 38.2 Å². The number of hydrogen-bond donors (Lipinski definition) is 1. The van der Waals surface area contributed by atoms with E-state index in [9.17, 15) is 13.6 Å². The average molecular weight is 517 g/mol. The predicted octanol–water partition coefficient (Wildman–Crippen LogP) is 3.48. The van der Waals surface area contributed by atoms with E-state index in [2.05, 4.69) is 25.3 Å². The van der Waals surface area contributed by atoms with Crippen molar-refractivity contribution in [2.24, 2.45) is 5.92 Å². The van der Waals surface area contributed by atoms with Crippen LogP contribution in [0.25, 0.3) is 22.6 Å². The summed E-state index contributed by atoms with van der Waals surface area (Å²) >= 11 is -2.28. The molecular formula is C26H26N7O3S-. The summed E-state index contributed by atoms with van der Waals surface area (Å²) in [4.78, 5) is 36.8. The van der Waals surface area contributed by atoms with Crippen LogP contribution in [0.5, 0.6) is 0 Å². The first-order valence-electron chi connectivity index (χ1n) is 12.5. The van der Waals surface area contributed by atoms with Crippen molar-refractivity contribution in [3.05, 3.63) is 64.1 Å². The molecule has 3 aromatic heterocycles. The fraction of sp³-hybridized carbons (Fsp3) is 0.385. The Morgan fingerprint density at radius 2 is 1.86 bits per heavy atom. The van der Waals surface area contributed by atoms with Crippen LogP contribution in [0, 0.1) is 12.8 Å². The van der Waals surface area contributed by atoms with Crippen LogP contribution >= 0.6 is 0 Å². The van der Waals surface area contributed by atoms with Crippen molar-refractivity contribution in [2.45, 2.75) is 62.9 Å². The lowest BCUT2D eigenvalue weighted by molar-refractivity contribution is 0.276. The zero-order valence-corrected chi connectivity index (χ0v) is 21.2. The first-order chi connectivity index (χ1) is 18.0. The number of rotatable bonds is 8. The molecule has 0 amide bonds. The Labute approximate surface area is 215 Å². The molecule has 2 aliphatic rings. The highest BCUT2D eigenvalue weighted by atomic mass is 32.2. The highest BCUT2D eigenvalue weighted by Crippen LogP contribution is 2.43. The summed E-state index contributed by atoms with van der Waals surface area (Å²) in [7, 11) is 0. The number of fused-ring (bicyclic) bond motifs is 1. The minimum atomic E-state index is -2.28. The standard InChI is InChI=1S/C26H27N7O3S/c1-15-21(22(18-7-8-18)30-14-29-15)23-28-12-20-25(32-23)33(13-17-3-2-4-17)26(34)24(31-20)27-11-16-5-9-19(10-6-16)37(35)36/h5-6,9-10,12,14,17-18H,2-4,7-8,11,13H2,1H3,(H,27,31)(H,35,36)/p-1. The Hall–Kier alpha value is -3.57. The molecule has 0 radical (unpaired) electrons. The van der Waals surface area contributed by atoms with Gasteiger partial charge in [0.15, 0.2) is 17.3 Å². The normalized spacial score (nSPS) is 16.5. The predicted molar refractivity (Wildman–Crippen MR) is 138 cm³/mol. The van der Waals surface area contributed by atoms with E-state index >= 15 is 0 Å². The summed E-state index contributed by atoms with van der Waals surface area (Å²) in [5.41, 5.74) is 4.29. The third-order valence-electron chi connectivity index (χ3n) is 7.18. The van der Waals surface area contributed by atoms with E-state index in [-0.39, 0.29) is 16.3 Å². The van der Waals surface area contributed by atoms with Crippen molar-refractivity contribution in [3.8, 4) is 11.4 Å². The fourth-order valence-corrected chi connectivity index (χ4v) is 5.07. The number of anilines is 1. The monoisotopic (exact) mass is 516 g/mol. The van der Waals surface area contributed by atoms with Gasteiger partial charge in [-0.3, -0.25) is 13.6 Å². The van der Waals surface area contributed by atoms with E-state index in [0.29, 0.717) is 41.9 Å². The van der Waals surface area contributed by atoms with Gasteiger partial charge in [0.25, 0.3) is 5.56 Å². The van der Waals surface area contributed by atoms with Crippen molar-refractivity contribution in [3.63, 3.8) is 0 Å². The molecule has 2 saturated carbocycles. The third kappa shape index (κ3) is 4.76. The number of aryl methyl sites for hydroxylation is 1. The lowest BCUT2D eigenvalue weighted by atomic mass is 9.85. The lowest BCUT2D eigenvalue weighted by Crippen LogP contribution is -2.30. The molecule has 1 aromatic carbocycles. The number of nitrogens with zero attached hydrogens (tertiary/aromatic N) is 6. The Morgan fingerprint density at radius 1 is 1.08 bits per heavy atom. The van der Waals surface area contributed by atoms with Crippen molar-refractivity contribution in [1.82, 2.24) is 29.5 Å². The maximum atomic E-state index is 13.6. The number of nitrogens with one attached hydrogen (secondary N) is 1. The van der Waals surface area contributed by atoms with Crippen molar-refractivity contribution < 1.29 is 8.76 Å². The second-order valence-electron chi connectivity index (χ2n) is 9.80. The molecule has 4 aromatic rings. The SMILES string of the molecule is Cc1ncnc(C2CC2)c1-c1ncc2nc(NCc3ccc(S(=O)[O-])cc3)c(=O)n(CC3CCC3)c2n1. The van der Waals surface area contributed by atoms with Gasteiger partial charge in [0.05, 0.1) is 23.1 Å². The molecule has 6 rings (SSSR count). The largest absolute Gasteiger partial charge is 0.768 e. The van der Waals surface area contributed by atoms with Gasteiger partial charge in [0.2, 0.25) is 0 Å². The molecule has 1 atom stereocenters. The van der Waals surface area contributed by atoms with Gasteiger partial charge < -0.3 is 9.87 Å². The molecule has 0 aliphatic heterocycles. The lowest BCUT2D eigenvalue weighted by Gasteiger charge is -2.26. The Bertz CT molecular complexity index is 1560. The van der Waals surface area contributed by atoms with Crippen LogP contribution in [0.1, 0.15) is 55.0 Å². The maximum Gasteiger partial charge on any atom is 0.294 e. The topological polar surface area (TPSA) is 139 Å². The molecular weight excluding hydrogens is 490 g/mol. The molecule has 2 fully saturated rings. The second kappa shape index (κ2) is 9.71. The molecule has 1 N–H and O–H groups in total. The zero-order chi connectivity index (χ0) is 25.5. The molecule has 37 heavy (non-hydrogen) atoms. The molecule has 10 nitrogen and oxygen atoms in total. The van der Waals surface area contributed by atoms with Crippen LogP contribution in [0.3, 0.4) is 0 Å². The van der Waals surface area contributed by atoms with Gasteiger partial charge in [0, 0.05) is 23.9 Å². The molecule has 0 saturated heterocycles. The Balaban J connectivity index is 1.39. The average Bonchev–Trinajstić information content (AvgIpc) is 3.71. The summed E-state index contributed by atoms with van der Waals surface area (Å²) in [6.07, 6.45) is 8.79. The first-order valence-corrected chi connectivity index (χ1v) is 13.6. The van der Waals surface area contributed by atoms with Crippen molar-refractivity contribution in [1.29, 1.82) is 0 Å². The first kappa shape index (κ1) is 23.8. The number of benzene rings is 1. The van der Waals surface area contributed by atoms with Gasteiger partial charge in [-0.15, -0.1) is 0 Å². The summed E-state index contributed by atoms with van der Waals surface area (Å²) in [5.74, 6) is 1.57. The smallest absolute Gasteiger partial charge is 0.294 e. The summed E-state index contributed by atoms with van der Waals surface area (Å²) in [5, 5.41) is 3.13. The molecule has 11 heteroatoms. The van der Waals surface area contributed by atoms with E-state index in [1.54, 1.807) is 29.2 Å². The summed E-state index contributed by atoms with van der Waals surface area (Å²) < 4.78 is 24.0. The van der Waals surface area contributed by atoms with Crippen LogP contribution in [0.4, 0.5) is 5.82 Å². The molecule has 1 unspecified atom stereocenters. The fourth-order valence-electron chi connectivity index (χ4n) is 4.71. The molecule has 190 valence electrons. The highest BCUT2D eigenvalue weighted by molar-refractivity contribution is 7.79. The van der Waals surface area contributed by atoms with Gasteiger partial charge in [-0.1, -0.05) is 18.6 Å². The van der Waals surface area contributed by atoms with Crippen LogP contribution in [-0.2, 0) is 24.2 Å². The van der Waals surface area contributed by atoms with Crippen molar-refractivity contribution in [2.75, 3.05) is 5.32 Å². The van der Waals surface area contributed by atoms with E-state index < -0.39 is 11.1 Å². The van der Waals surface area contributed by atoms with Crippen LogP contribution in [0.15, 0.2) is 46.5 Å². The van der Waals surface area contributed by atoms with Crippen LogP contribution < -0.4 is 10.9 Å². The maximum absolute atomic E-state index is 13.6. The quantitative estimate of drug-likeness (QED) is 0.349. The number of hydrogen-bond acceptors (Lipinski definition) is 9. The molecule has 3 heterocycles. The van der Waals surface area contributed by atoms with Gasteiger partial charge in [-0.2, -0.15) is 0 Å². The summed E-state index contributed by atoms with van der Waals surface area (Å²) in [6, 6.07) is 6.49. The van der Waals surface area contributed by atoms with Crippen LogP contribution in [0.2, 0.25) is 0 Å². The number of aromatic nitrogens is 6. The third-order valence-corrected chi connectivity index (χ3v) is 7.84. The van der Waals surface area contributed by atoms with E-state index in [4.69, 9.17) is 4.98 Å². The van der Waals surface area contributed by atoms with Crippen molar-refractivity contribution >= 4 is 28.1 Å². The molecule has 2 aliphatic carbocycles. The van der Waals surface area contributed by atoms with E-state index in [0.717, 1.165) is 48.2 Å². The molecule has 0 spiro atoms. The minimum absolute atomic E-state index is 0.215. The van der Waals surface area contributed by atoms with E-state index in [1.165, 1.54) is 18.6 Å². The second-order valence-corrected chi connectivity index (χ2v) is 10.7. The van der Waals surface area contributed by atoms with E-state index in [1.807, 2.05) is 6.92 Å². The summed E-state index contributed by atoms with van der Waals surface area (Å²) in [6.45, 7) is 2.84. The van der Waals surface area contributed by atoms with Gasteiger partial charge in [-0.25, -0.2) is 24.9 Å². The van der Waals surface area contributed by atoms with Gasteiger partial charge in [0.1, 0.15) is 11.8 Å². The van der Waals surface area contributed by atoms with Gasteiger partial charge >= 0.3 is 0 Å². The Kier molecular flexibility index (Phi) is 6.25. The molecule has 0 bridgehead atoms. The van der Waals surface area contributed by atoms with Gasteiger partial charge in [-0.05, 0) is 67.3 Å². The zero-order valence-electron chi connectivity index (χ0n) is 20.4. The highest BCUT2D eigenvalue weighted by Gasteiger charge is 2.30. The minimum Gasteiger partial charge on any atom is -0.768 e. The Morgan fingerprint density at radius 3 is 2.54 bits per heavy atom.